The summed E-state index contributed by atoms with van der Waals surface area (Å²) in [6.07, 6.45) is 0. The molecule has 1 aromatic rings. The molecule has 0 radical (unpaired) electrons. The van der Waals surface area contributed by atoms with E-state index in [0.29, 0.717) is 5.92 Å². The van der Waals surface area contributed by atoms with Crippen LogP contribution in [0.15, 0.2) is 18.2 Å². The van der Waals surface area contributed by atoms with Crippen LogP contribution in [0.3, 0.4) is 0 Å². The van der Waals surface area contributed by atoms with E-state index in [0.717, 1.165) is 17.3 Å². The molecule has 0 heterocycles. The normalized spacial score (nSPS) is 10.5. The van der Waals surface area contributed by atoms with Crippen molar-refractivity contribution in [1.29, 1.82) is 0 Å². The van der Waals surface area contributed by atoms with Gasteiger partial charge in [-0.15, -0.1) is 0 Å². The van der Waals surface area contributed by atoms with E-state index < -0.39 is 0 Å². The molecule has 2 nitrogen and oxygen atoms in total. The van der Waals surface area contributed by atoms with Gasteiger partial charge in [0.1, 0.15) is 0 Å². The van der Waals surface area contributed by atoms with Gasteiger partial charge in [0.2, 0.25) is 0 Å². The minimum atomic E-state index is 0.624. The van der Waals surface area contributed by atoms with E-state index in [-0.39, 0.29) is 0 Å². The Morgan fingerprint density at radius 1 is 1.33 bits per heavy atom. The molecule has 0 aliphatic heterocycles. The van der Waals surface area contributed by atoms with Gasteiger partial charge in [0.25, 0.3) is 0 Å². The molecule has 0 saturated carbocycles. The molecule has 0 amide bonds. The van der Waals surface area contributed by atoms with Crippen molar-refractivity contribution < 1.29 is 0 Å². The minimum absolute atomic E-state index is 0.624. The van der Waals surface area contributed by atoms with E-state index in [1.54, 1.807) is 0 Å². The maximum absolute atomic E-state index is 5.98. The molecule has 84 valence electrons. The third-order valence-corrected chi connectivity index (χ3v) is 2.38. The van der Waals surface area contributed by atoms with Gasteiger partial charge in [-0.05, 0) is 24.1 Å². The Kier molecular flexibility index (Phi) is 4.28. The topological polar surface area (TPSA) is 15.3 Å². The zero-order valence-electron chi connectivity index (χ0n) is 9.84. The van der Waals surface area contributed by atoms with Crippen molar-refractivity contribution in [2.75, 3.05) is 30.9 Å². The average Bonchev–Trinajstić information content (AvgIpc) is 2.14. The molecule has 0 saturated heterocycles. The fourth-order valence-corrected chi connectivity index (χ4v) is 1.53. The van der Waals surface area contributed by atoms with Crippen molar-refractivity contribution in [3.63, 3.8) is 0 Å². The first-order chi connectivity index (χ1) is 7.00. The summed E-state index contributed by atoms with van der Waals surface area (Å²) in [5, 5.41) is 4.18. The smallest absolute Gasteiger partial charge is 0.0597 e. The van der Waals surface area contributed by atoms with Crippen LogP contribution < -0.4 is 10.2 Å². The first-order valence-corrected chi connectivity index (χ1v) is 5.59. The summed E-state index contributed by atoms with van der Waals surface area (Å²) in [5.74, 6) is 0.624. The monoisotopic (exact) mass is 226 g/mol. The van der Waals surface area contributed by atoms with Gasteiger partial charge in [0.15, 0.2) is 0 Å². The van der Waals surface area contributed by atoms with E-state index in [2.05, 4.69) is 24.1 Å². The second-order valence-corrected chi connectivity index (χ2v) is 4.77. The van der Waals surface area contributed by atoms with Gasteiger partial charge in [-0.25, -0.2) is 0 Å². The van der Waals surface area contributed by atoms with Crippen LogP contribution in [-0.4, -0.2) is 20.6 Å². The van der Waals surface area contributed by atoms with E-state index in [9.17, 15) is 0 Å². The van der Waals surface area contributed by atoms with Crippen LogP contribution in [0.25, 0.3) is 0 Å². The van der Waals surface area contributed by atoms with Gasteiger partial charge in [-0.1, -0.05) is 25.4 Å². The number of hydrogen-bond donors (Lipinski definition) is 1. The lowest BCUT2D eigenvalue weighted by Gasteiger charge is -2.19. The first kappa shape index (κ1) is 12.2. The van der Waals surface area contributed by atoms with Crippen molar-refractivity contribution in [1.82, 2.24) is 0 Å². The number of anilines is 2. The number of halogens is 1. The maximum atomic E-state index is 5.98. The van der Waals surface area contributed by atoms with Crippen LogP contribution >= 0.6 is 11.6 Å². The van der Waals surface area contributed by atoms with Gasteiger partial charge in [0, 0.05) is 25.7 Å². The third kappa shape index (κ3) is 3.63. The van der Waals surface area contributed by atoms with E-state index in [1.807, 2.05) is 32.3 Å². The highest BCUT2D eigenvalue weighted by Crippen LogP contribution is 2.27. The van der Waals surface area contributed by atoms with Crippen molar-refractivity contribution in [2.24, 2.45) is 5.92 Å². The van der Waals surface area contributed by atoms with Crippen LogP contribution in [0.5, 0.6) is 0 Å². The molecule has 0 spiro atoms. The molecule has 15 heavy (non-hydrogen) atoms. The molecule has 3 heteroatoms. The molecule has 0 unspecified atom stereocenters. The molecule has 0 bridgehead atoms. The van der Waals surface area contributed by atoms with Gasteiger partial charge in [-0.3, -0.25) is 0 Å². The predicted molar refractivity (Wildman–Crippen MR) is 69.1 cm³/mol. The zero-order valence-corrected chi connectivity index (χ0v) is 10.6. The Balaban J connectivity index is 2.87. The molecule has 0 aromatic heterocycles. The van der Waals surface area contributed by atoms with Crippen molar-refractivity contribution in [3.8, 4) is 0 Å². The molecular formula is C12H19ClN2. The Labute approximate surface area is 97.2 Å². The lowest BCUT2D eigenvalue weighted by Crippen LogP contribution is -2.14. The quantitative estimate of drug-likeness (QED) is 0.846. The zero-order chi connectivity index (χ0) is 11.4. The summed E-state index contributed by atoms with van der Waals surface area (Å²) in [5.41, 5.74) is 2.27. The highest BCUT2D eigenvalue weighted by atomic mass is 35.5. The van der Waals surface area contributed by atoms with Gasteiger partial charge < -0.3 is 10.2 Å². The lowest BCUT2D eigenvalue weighted by molar-refractivity contribution is 0.689. The van der Waals surface area contributed by atoms with Crippen molar-refractivity contribution in [2.45, 2.75) is 13.8 Å². The molecule has 0 aliphatic carbocycles. The summed E-state index contributed by atoms with van der Waals surface area (Å²) in [4.78, 5) is 2.08. The molecule has 1 N–H and O–H groups in total. The second kappa shape index (κ2) is 5.26. The van der Waals surface area contributed by atoms with E-state index >= 15 is 0 Å². The largest absolute Gasteiger partial charge is 0.383 e. The predicted octanol–water partition coefficient (Wildman–Crippen LogP) is 3.47. The molecule has 1 aromatic carbocycles. The third-order valence-electron chi connectivity index (χ3n) is 2.14. The Morgan fingerprint density at radius 3 is 2.53 bits per heavy atom. The van der Waals surface area contributed by atoms with Crippen LogP contribution in [0.2, 0.25) is 5.02 Å². The lowest BCUT2D eigenvalue weighted by atomic mass is 10.2. The number of benzene rings is 1. The van der Waals surface area contributed by atoms with Gasteiger partial charge in [0.05, 0.1) is 11.4 Å². The molecule has 0 atom stereocenters. The highest BCUT2D eigenvalue weighted by molar-refractivity contribution is 6.31. The van der Waals surface area contributed by atoms with Crippen LogP contribution in [0, 0.1) is 5.92 Å². The summed E-state index contributed by atoms with van der Waals surface area (Å²) in [6.45, 7) is 5.33. The summed E-state index contributed by atoms with van der Waals surface area (Å²) in [7, 11) is 4.06. The number of nitrogens with zero attached hydrogens (tertiary/aromatic N) is 1. The van der Waals surface area contributed by atoms with Gasteiger partial charge in [-0.2, -0.15) is 0 Å². The minimum Gasteiger partial charge on any atom is -0.383 e. The van der Waals surface area contributed by atoms with Crippen molar-refractivity contribution in [3.05, 3.63) is 23.2 Å². The molecule has 0 fully saturated rings. The van der Waals surface area contributed by atoms with E-state index in [4.69, 9.17) is 11.6 Å². The van der Waals surface area contributed by atoms with Crippen LogP contribution in [0.1, 0.15) is 13.8 Å². The standard InChI is InChI=1S/C12H19ClN2/c1-9(2)8-14-11-7-10(13)5-6-12(11)15(3)4/h5-7,9,14H,8H2,1-4H3. The Bertz CT molecular complexity index is 321. The molecular weight excluding hydrogens is 208 g/mol. The van der Waals surface area contributed by atoms with Crippen LogP contribution in [-0.2, 0) is 0 Å². The number of nitrogens with one attached hydrogen (secondary N) is 1. The summed E-state index contributed by atoms with van der Waals surface area (Å²) >= 11 is 5.98. The first-order valence-electron chi connectivity index (χ1n) is 5.21. The van der Waals surface area contributed by atoms with E-state index in [1.165, 1.54) is 5.69 Å². The van der Waals surface area contributed by atoms with Crippen LogP contribution in [0.4, 0.5) is 11.4 Å². The van der Waals surface area contributed by atoms with Crippen molar-refractivity contribution >= 4 is 23.0 Å². The number of rotatable bonds is 4. The molecule has 0 aliphatic rings. The number of hydrogen-bond acceptors (Lipinski definition) is 2. The van der Waals surface area contributed by atoms with Gasteiger partial charge >= 0.3 is 0 Å². The Morgan fingerprint density at radius 2 is 2.00 bits per heavy atom. The SMILES string of the molecule is CC(C)CNc1cc(Cl)ccc1N(C)C. The highest BCUT2D eigenvalue weighted by Gasteiger charge is 2.05. The fraction of sp³-hybridized carbons (Fsp3) is 0.500. The Hall–Kier alpha value is -0.890. The summed E-state index contributed by atoms with van der Waals surface area (Å²) < 4.78 is 0. The fourth-order valence-electron chi connectivity index (χ4n) is 1.35. The maximum Gasteiger partial charge on any atom is 0.0597 e. The second-order valence-electron chi connectivity index (χ2n) is 4.33. The molecule has 1 rings (SSSR count). The summed E-state index contributed by atoms with van der Waals surface area (Å²) in [6, 6.07) is 5.92. The average molecular weight is 227 g/mol.